The second-order valence-corrected chi connectivity index (χ2v) is 7.02. The van der Waals surface area contributed by atoms with Gasteiger partial charge in [-0.25, -0.2) is 13.1 Å². The first kappa shape index (κ1) is 15.9. The predicted octanol–water partition coefficient (Wildman–Crippen LogP) is 1.94. The van der Waals surface area contributed by atoms with Gasteiger partial charge in [-0.05, 0) is 43.3 Å². The number of halogens is 1. The highest BCUT2D eigenvalue weighted by atomic mass is 79.9. The Balaban J connectivity index is 1.85. The first-order valence-electron chi connectivity index (χ1n) is 6.27. The average molecular weight is 371 g/mol. The monoisotopic (exact) mass is 370 g/mol. The number of rotatable bonds is 6. The van der Waals surface area contributed by atoms with Gasteiger partial charge in [-0.1, -0.05) is 15.9 Å². The van der Waals surface area contributed by atoms with Crippen LogP contribution in [0.4, 0.5) is 5.82 Å². The van der Waals surface area contributed by atoms with Crippen LogP contribution >= 0.6 is 15.9 Å². The predicted molar refractivity (Wildman–Crippen MR) is 84.6 cm³/mol. The lowest BCUT2D eigenvalue weighted by Gasteiger charge is -2.08. The zero-order valence-corrected chi connectivity index (χ0v) is 13.8. The van der Waals surface area contributed by atoms with E-state index in [1.165, 1.54) is 0 Å². The van der Waals surface area contributed by atoms with Crippen LogP contribution in [0.25, 0.3) is 0 Å². The van der Waals surface area contributed by atoms with E-state index in [-0.39, 0.29) is 11.4 Å². The molecular formula is C13H15BrN4O2S. The highest BCUT2D eigenvalue weighted by molar-refractivity contribution is 9.10. The van der Waals surface area contributed by atoms with Gasteiger partial charge in [0, 0.05) is 17.6 Å². The molecule has 0 aliphatic carbocycles. The molecule has 0 amide bonds. The lowest BCUT2D eigenvalue weighted by molar-refractivity contribution is 0.583. The van der Waals surface area contributed by atoms with Crippen molar-refractivity contribution < 1.29 is 8.42 Å². The maximum atomic E-state index is 12.0. The molecule has 0 saturated heterocycles. The van der Waals surface area contributed by atoms with Crippen LogP contribution in [-0.2, 0) is 10.0 Å². The van der Waals surface area contributed by atoms with E-state index in [0.29, 0.717) is 12.4 Å². The third kappa shape index (κ3) is 4.76. The number of hydrogen-bond donors (Lipinski definition) is 2. The number of hydrogen-bond acceptors (Lipinski definition) is 5. The topological polar surface area (TPSA) is 84.0 Å². The van der Waals surface area contributed by atoms with Crippen LogP contribution in [0.5, 0.6) is 0 Å². The van der Waals surface area contributed by atoms with Crippen molar-refractivity contribution in [2.45, 2.75) is 11.8 Å². The third-order valence-corrected chi connectivity index (χ3v) is 4.65. The number of sulfonamides is 1. The Morgan fingerprint density at radius 2 is 1.76 bits per heavy atom. The zero-order chi connectivity index (χ0) is 15.3. The van der Waals surface area contributed by atoms with Gasteiger partial charge in [-0.3, -0.25) is 0 Å². The van der Waals surface area contributed by atoms with Crippen LogP contribution in [0.2, 0.25) is 0 Å². The lowest BCUT2D eigenvalue weighted by Crippen LogP contribution is -2.29. The summed E-state index contributed by atoms with van der Waals surface area (Å²) in [4.78, 5) is 0.237. The van der Waals surface area contributed by atoms with Gasteiger partial charge in [0.2, 0.25) is 10.0 Å². The van der Waals surface area contributed by atoms with Crippen LogP contribution in [0.1, 0.15) is 5.69 Å². The number of aryl methyl sites for hydroxylation is 1. The van der Waals surface area contributed by atoms with Gasteiger partial charge in [0.15, 0.2) is 0 Å². The molecule has 112 valence electrons. The van der Waals surface area contributed by atoms with Crippen molar-refractivity contribution >= 4 is 31.8 Å². The van der Waals surface area contributed by atoms with Gasteiger partial charge in [-0.15, -0.1) is 5.10 Å². The Kier molecular flexibility index (Phi) is 5.27. The summed E-state index contributed by atoms with van der Waals surface area (Å²) in [7, 11) is -3.49. The minimum absolute atomic E-state index is 0.237. The first-order valence-corrected chi connectivity index (χ1v) is 8.54. The van der Waals surface area contributed by atoms with Crippen LogP contribution in [0.3, 0.4) is 0 Å². The standard InChI is InChI=1S/C13H15BrN4O2S/c1-10-2-7-13(18-17-10)15-8-9-16-21(19,20)12-5-3-11(14)4-6-12/h2-7,16H,8-9H2,1H3,(H,15,18). The minimum atomic E-state index is -3.49. The smallest absolute Gasteiger partial charge is 0.240 e. The highest BCUT2D eigenvalue weighted by Crippen LogP contribution is 2.14. The summed E-state index contributed by atoms with van der Waals surface area (Å²) >= 11 is 3.27. The second kappa shape index (κ2) is 6.97. The molecule has 2 N–H and O–H groups in total. The Labute approximate surface area is 132 Å². The molecule has 1 aromatic carbocycles. The molecule has 1 heterocycles. The molecule has 0 saturated carbocycles. The molecule has 0 aliphatic rings. The lowest BCUT2D eigenvalue weighted by atomic mass is 10.4. The van der Waals surface area contributed by atoms with Gasteiger partial charge >= 0.3 is 0 Å². The zero-order valence-electron chi connectivity index (χ0n) is 11.4. The SMILES string of the molecule is Cc1ccc(NCCNS(=O)(=O)c2ccc(Br)cc2)nn1. The third-order valence-electron chi connectivity index (χ3n) is 2.65. The minimum Gasteiger partial charge on any atom is -0.367 e. The van der Waals surface area contributed by atoms with Crippen molar-refractivity contribution in [1.82, 2.24) is 14.9 Å². The summed E-state index contributed by atoms with van der Waals surface area (Å²) in [5.74, 6) is 0.614. The molecule has 8 heteroatoms. The summed E-state index contributed by atoms with van der Waals surface area (Å²) in [6.45, 7) is 2.53. The van der Waals surface area contributed by atoms with Crippen molar-refractivity contribution in [3.8, 4) is 0 Å². The molecule has 0 atom stereocenters. The van der Waals surface area contributed by atoms with Gasteiger partial charge in [-0.2, -0.15) is 5.10 Å². The molecule has 1 aromatic heterocycles. The molecular weight excluding hydrogens is 356 g/mol. The van der Waals surface area contributed by atoms with Crippen LogP contribution < -0.4 is 10.0 Å². The molecule has 0 spiro atoms. The van der Waals surface area contributed by atoms with E-state index in [1.54, 1.807) is 30.3 Å². The number of anilines is 1. The summed E-state index contributed by atoms with van der Waals surface area (Å²) < 4.78 is 27.4. The first-order chi connectivity index (χ1) is 9.97. The van der Waals surface area contributed by atoms with Crippen molar-refractivity contribution in [2.24, 2.45) is 0 Å². The van der Waals surface area contributed by atoms with E-state index in [4.69, 9.17) is 0 Å². The molecule has 0 radical (unpaired) electrons. The molecule has 2 aromatic rings. The van der Waals surface area contributed by atoms with Crippen molar-refractivity contribution in [1.29, 1.82) is 0 Å². The maximum Gasteiger partial charge on any atom is 0.240 e. The highest BCUT2D eigenvalue weighted by Gasteiger charge is 2.12. The van der Waals surface area contributed by atoms with E-state index >= 15 is 0 Å². The van der Waals surface area contributed by atoms with E-state index < -0.39 is 10.0 Å². The number of nitrogens with one attached hydrogen (secondary N) is 2. The summed E-state index contributed by atoms with van der Waals surface area (Å²) in [5, 5.41) is 10.8. The number of nitrogens with zero attached hydrogens (tertiary/aromatic N) is 2. The molecule has 2 rings (SSSR count). The summed E-state index contributed by atoms with van der Waals surface area (Å²) in [6, 6.07) is 10.1. The molecule has 0 bridgehead atoms. The molecule has 0 aliphatic heterocycles. The van der Waals surface area contributed by atoms with Gasteiger partial charge < -0.3 is 5.32 Å². The van der Waals surface area contributed by atoms with Crippen LogP contribution in [0.15, 0.2) is 45.8 Å². The van der Waals surface area contributed by atoms with E-state index in [2.05, 4.69) is 36.2 Å². The molecule has 6 nitrogen and oxygen atoms in total. The van der Waals surface area contributed by atoms with Crippen LogP contribution in [0, 0.1) is 6.92 Å². The fourth-order valence-electron chi connectivity index (χ4n) is 1.57. The maximum absolute atomic E-state index is 12.0. The van der Waals surface area contributed by atoms with Gasteiger partial charge in [0.1, 0.15) is 5.82 Å². The average Bonchev–Trinajstić information content (AvgIpc) is 2.46. The Hall–Kier alpha value is -1.51. The second-order valence-electron chi connectivity index (χ2n) is 4.34. The largest absolute Gasteiger partial charge is 0.367 e. The number of aromatic nitrogens is 2. The molecule has 0 fully saturated rings. The normalized spacial score (nSPS) is 11.3. The van der Waals surface area contributed by atoms with Crippen molar-refractivity contribution in [2.75, 3.05) is 18.4 Å². The Morgan fingerprint density at radius 1 is 1.05 bits per heavy atom. The van der Waals surface area contributed by atoms with Crippen LogP contribution in [-0.4, -0.2) is 31.7 Å². The Morgan fingerprint density at radius 3 is 2.38 bits per heavy atom. The van der Waals surface area contributed by atoms with Crippen molar-refractivity contribution in [3.05, 3.63) is 46.6 Å². The summed E-state index contributed by atoms with van der Waals surface area (Å²) in [5.41, 5.74) is 0.830. The Bertz CT molecular complexity index is 687. The van der Waals surface area contributed by atoms with Crippen molar-refractivity contribution in [3.63, 3.8) is 0 Å². The van der Waals surface area contributed by atoms with E-state index in [1.807, 2.05) is 13.0 Å². The van der Waals surface area contributed by atoms with Gasteiger partial charge in [0.25, 0.3) is 0 Å². The number of benzene rings is 1. The summed E-state index contributed by atoms with van der Waals surface area (Å²) in [6.07, 6.45) is 0. The molecule has 0 unspecified atom stereocenters. The van der Waals surface area contributed by atoms with E-state index in [0.717, 1.165) is 10.2 Å². The fourth-order valence-corrected chi connectivity index (χ4v) is 2.86. The van der Waals surface area contributed by atoms with Gasteiger partial charge in [0.05, 0.1) is 10.6 Å². The van der Waals surface area contributed by atoms with E-state index in [9.17, 15) is 8.42 Å². The quantitative estimate of drug-likeness (QED) is 0.759. The molecule has 21 heavy (non-hydrogen) atoms. The fraction of sp³-hybridized carbons (Fsp3) is 0.231.